The van der Waals surface area contributed by atoms with Crippen LogP contribution in [-0.4, -0.2) is 31.6 Å². The Morgan fingerprint density at radius 2 is 1.83 bits per heavy atom. The molecule has 1 N–H and O–H groups in total. The van der Waals surface area contributed by atoms with Crippen LogP contribution in [0.2, 0.25) is 0 Å². The molecule has 0 aliphatic heterocycles. The summed E-state index contributed by atoms with van der Waals surface area (Å²) in [6.45, 7) is 10.4. The van der Waals surface area contributed by atoms with Crippen molar-refractivity contribution in [2.24, 2.45) is 0 Å². The van der Waals surface area contributed by atoms with Crippen molar-refractivity contribution >= 4 is 18.0 Å². The summed E-state index contributed by atoms with van der Waals surface area (Å²) in [4.78, 5) is 24.4. The zero-order valence-electron chi connectivity index (χ0n) is 21.3. The van der Waals surface area contributed by atoms with Gasteiger partial charge in [-0.1, -0.05) is 26.0 Å². The van der Waals surface area contributed by atoms with Crippen molar-refractivity contribution in [2.45, 2.75) is 59.4 Å². The first-order valence-electron chi connectivity index (χ1n) is 11.7. The van der Waals surface area contributed by atoms with E-state index in [9.17, 15) is 14.9 Å². The number of nitriles is 1. The highest BCUT2D eigenvalue weighted by Gasteiger charge is 2.14. The third kappa shape index (κ3) is 8.49. The predicted octanol–water partition coefficient (Wildman–Crippen LogP) is 5.32. The fraction of sp³-hybridized carbons (Fsp3) is 0.393. The van der Waals surface area contributed by atoms with Crippen molar-refractivity contribution in [1.29, 1.82) is 5.26 Å². The number of rotatable bonds is 11. The zero-order chi connectivity index (χ0) is 26.0. The van der Waals surface area contributed by atoms with Gasteiger partial charge in [-0.2, -0.15) is 5.26 Å². The van der Waals surface area contributed by atoms with Crippen LogP contribution in [0.25, 0.3) is 6.08 Å². The maximum absolute atomic E-state index is 12.3. The van der Waals surface area contributed by atoms with Gasteiger partial charge in [0.2, 0.25) is 0 Å². The smallest absolute Gasteiger partial charge is 0.311 e. The Morgan fingerprint density at radius 1 is 1.09 bits per heavy atom. The molecule has 0 saturated heterocycles. The quantitative estimate of drug-likeness (QED) is 0.154. The standard InChI is InChI=1S/C28H34N2O5/c1-18(2)24-11-10-23(14-20(24)5)34-13-7-8-27(31)35-25-12-9-21(16-26(25)33-6)15-22(17-29)28(32)30-19(3)4/h9-12,14-16,18-19H,7-8,13H2,1-6H3,(H,30,32)/b22-15+. The van der Waals surface area contributed by atoms with Crippen LogP contribution in [0.15, 0.2) is 42.0 Å². The molecular formula is C28H34N2O5. The molecule has 1 amide bonds. The Balaban J connectivity index is 1.93. The van der Waals surface area contributed by atoms with E-state index in [0.717, 1.165) is 5.75 Å². The number of nitrogens with one attached hydrogen (secondary N) is 1. The van der Waals surface area contributed by atoms with Gasteiger partial charge in [-0.05, 0) is 80.1 Å². The second kappa shape index (κ2) is 13.2. The number of hydrogen-bond donors (Lipinski definition) is 1. The number of hydrogen-bond acceptors (Lipinski definition) is 6. The van der Waals surface area contributed by atoms with Crippen LogP contribution in [0, 0.1) is 18.3 Å². The third-order valence-electron chi connectivity index (χ3n) is 5.16. The van der Waals surface area contributed by atoms with Crippen LogP contribution in [0.1, 0.15) is 63.1 Å². The van der Waals surface area contributed by atoms with E-state index in [2.05, 4.69) is 32.2 Å². The van der Waals surface area contributed by atoms with Crippen LogP contribution in [0.5, 0.6) is 17.2 Å². The Bertz CT molecular complexity index is 1110. The molecule has 7 heteroatoms. The number of carbonyl (C=O) groups is 2. The zero-order valence-corrected chi connectivity index (χ0v) is 21.3. The van der Waals surface area contributed by atoms with Gasteiger partial charge in [-0.25, -0.2) is 0 Å². The second-order valence-corrected chi connectivity index (χ2v) is 8.81. The number of methoxy groups -OCH3 is 1. The summed E-state index contributed by atoms with van der Waals surface area (Å²) in [5.74, 6) is 0.968. The van der Waals surface area contributed by atoms with E-state index in [1.165, 1.54) is 24.3 Å². The number of esters is 1. The van der Waals surface area contributed by atoms with Crippen molar-refractivity contribution in [1.82, 2.24) is 5.32 Å². The summed E-state index contributed by atoms with van der Waals surface area (Å²) < 4.78 is 16.6. The molecule has 0 radical (unpaired) electrons. The van der Waals surface area contributed by atoms with Gasteiger partial charge in [0.15, 0.2) is 11.5 Å². The fourth-order valence-corrected chi connectivity index (χ4v) is 3.48. The van der Waals surface area contributed by atoms with Crippen molar-refractivity contribution in [3.8, 4) is 23.3 Å². The Kier molecular flexibility index (Phi) is 10.3. The van der Waals surface area contributed by atoms with Gasteiger partial charge in [-0.15, -0.1) is 0 Å². The highest BCUT2D eigenvalue weighted by molar-refractivity contribution is 6.01. The highest BCUT2D eigenvalue weighted by Crippen LogP contribution is 2.29. The number of aryl methyl sites for hydroxylation is 1. The Morgan fingerprint density at radius 3 is 2.43 bits per heavy atom. The van der Waals surface area contributed by atoms with Crippen LogP contribution >= 0.6 is 0 Å². The molecule has 2 rings (SSSR count). The molecule has 0 fully saturated rings. The summed E-state index contributed by atoms with van der Waals surface area (Å²) in [6.07, 6.45) is 2.14. The number of amides is 1. The summed E-state index contributed by atoms with van der Waals surface area (Å²) in [6, 6.07) is 12.7. The van der Waals surface area contributed by atoms with Crippen LogP contribution < -0.4 is 19.5 Å². The maximum atomic E-state index is 12.3. The first kappa shape index (κ1) is 27.5. The van der Waals surface area contributed by atoms with Crippen LogP contribution in [0.3, 0.4) is 0 Å². The second-order valence-electron chi connectivity index (χ2n) is 8.81. The molecule has 2 aromatic rings. The summed E-state index contributed by atoms with van der Waals surface area (Å²) in [5, 5.41) is 12.0. The molecule has 186 valence electrons. The monoisotopic (exact) mass is 478 g/mol. The summed E-state index contributed by atoms with van der Waals surface area (Å²) in [7, 11) is 1.46. The van der Waals surface area contributed by atoms with Gasteiger partial charge < -0.3 is 19.5 Å². The molecule has 0 saturated carbocycles. The van der Waals surface area contributed by atoms with Crippen LogP contribution in [0.4, 0.5) is 0 Å². The SMILES string of the molecule is COc1cc(/C=C(\C#N)C(=O)NC(C)C)ccc1OC(=O)CCCOc1ccc(C(C)C)c(C)c1. The minimum absolute atomic E-state index is 0.0282. The number of ether oxygens (including phenoxy) is 3. The summed E-state index contributed by atoms with van der Waals surface area (Å²) in [5.41, 5.74) is 3.02. The highest BCUT2D eigenvalue weighted by atomic mass is 16.6. The lowest BCUT2D eigenvalue weighted by atomic mass is 9.98. The average Bonchev–Trinajstić information content (AvgIpc) is 2.80. The Hall–Kier alpha value is -3.79. The van der Waals surface area contributed by atoms with Gasteiger partial charge in [0.1, 0.15) is 17.4 Å². The molecule has 0 spiro atoms. The molecule has 2 aromatic carbocycles. The van der Waals surface area contributed by atoms with Crippen molar-refractivity contribution < 1.29 is 23.8 Å². The van der Waals surface area contributed by atoms with Crippen molar-refractivity contribution in [3.05, 3.63) is 58.7 Å². The lowest BCUT2D eigenvalue weighted by molar-refractivity contribution is -0.134. The van der Waals surface area contributed by atoms with Gasteiger partial charge in [-0.3, -0.25) is 9.59 Å². The fourth-order valence-electron chi connectivity index (χ4n) is 3.48. The molecule has 0 unspecified atom stereocenters. The first-order valence-corrected chi connectivity index (χ1v) is 11.7. The first-order chi connectivity index (χ1) is 16.6. The minimum atomic E-state index is -0.454. The number of carbonyl (C=O) groups excluding carboxylic acids is 2. The van der Waals surface area contributed by atoms with E-state index in [1.54, 1.807) is 18.2 Å². The molecule has 0 heterocycles. The molecule has 0 atom stereocenters. The van der Waals surface area contributed by atoms with Gasteiger partial charge in [0.25, 0.3) is 5.91 Å². The maximum Gasteiger partial charge on any atom is 0.311 e. The third-order valence-corrected chi connectivity index (χ3v) is 5.16. The molecule has 7 nitrogen and oxygen atoms in total. The minimum Gasteiger partial charge on any atom is -0.494 e. The van der Waals surface area contributed by atoms with E-state index in [1.807, 2.05) is 32.0 Å². The van der Waals surface area contributed by atoms with E-state index < -0.39 is 11.9 Å². The lowest BCUT2D eigenvalue weighted by Gasteiger charge is -2.13. The largest absolute Gasteiger partial charge is 0.494 e. The van der Waals surface area contributed by atoms with Gasteiger partial charge >= 0.3 is 5.97 Å². The Labute approximate surface area is 207 Å². The van der Waals surface area contributed by atoms with Crippen molar-refractivity contribution in [2.75, 3.05) is 13.7 Å². The molecule has 0 aromatic heterocycles. The number of benzene rings is 2. The molecular weight excluding hydrogens is 444 g/mol. The van der Waals surface area contributed by atoms with E-state index in [0.29, 0.717) is 30.3 Å². The molecule has 0 aliphatic carbocycles. The van der Waals surface area contributed by atoms with E-state index in [4.69, 9.17) is 14.2 Å². The topological polar surface area (TPSA) is 97.6 Å². The predicted molar refractivity (Wildman–Crippen MR) is 135 cm³/mol. The normalized spacial score (nSPS) is 11.2. The summed E-state index contributed by atoms with van der Waals surface area (Å²) >= 11 is 0. The average molecular weight is 479 g/mol. The van der Waals surface area contributed by atoms with E-state index >= 15 is 0 Å². The molecule has 35 heavy (non-hydrogen) atoms. The van der Waals surface area contributed by atoms with E-state index in [-0.39, 0.29) is 23.8 Å². The van der Waals surface area contributed by atoms with Gasteiger partial charge in [0, 0.05) is 12.5 Å². The van der Waals surface area contributed by atoms with Crippen molar-refractivity contribution in [3.63, 3.8) is 0 Å². The molecule has 0 bridgehead atoms. The van der Waals surface area contributed by atoms with Gasteiger partial charge in [0.05, 0.1) is 13.7 Å². The van der Waals surface area contributed by atoms with Crippen LogP contribution in [-0.2, 0) is 9.59 Å². The number of nitrogens with zero attached hydrogens (tertiary/aromatic N) is 1. The lowest BCUT2D eigenvalue weighted by Crippen LogP contribution is -2.30. The molecule has 0 aliphatic rings.